The van der Waals surface area contributed by atoms with Crippen LogP contribution in [0.2, 0.25) is 0 Å². The second kappa shape index (κ2) is 4.81. The quantitative estimate of drug-likeness (QED) is 0.849. The van der Waals surface area contributed by atoms with Crippen LogP contribution < -0.4 is 0 Å². The number of carboxylic acids is 1. The zero-order valence-electron chi connectivity index (χ0n) is 12.1. The Balaban J connectivity index is 2.20. The molecule has 1 aliphatic heterocycles. The molecular formula is C13H19N3O4. The van der Waals surface area contributed by atoms with Crippen molar-refractivity contribution in [2.45, 2.75) is 45.9 Å². The van der Waals surface area contributed by atoms with E-state index in [2.05, 4.69) is 4.98 Å². The van der Waals surface area contributed by atoms with Crippen LogP contribution >= 0.6 is 0 Å². The normalized spacial score (nSPS) is 18.6. The first-order valence-electron chi connectivity index (χ1n) is 6.46. The fourth-order valence-corrected chi connectivity index (χ4v) is 2.27. The first-order chi connectivity index (χ1) is 9.19. The number of ether oxygens (including phenoxy) is 1. The number of fused-ring (bicyclic) bond motifs is 1. The molecule has 110 valence electrons. The molecule has 1 aliphatic rings. The second-order valence-electron chi connectivity index (χ2n) is 5.94. The van der Waals surface area contributed by atoms with Crippen LogP contribution in [-0.2, 0) is 11.3 Å². The second-order valence-corrected chi connectivity index (χ2v) is 5.94. The van der Waals surface area contributed by atoms with Gasteiger partial charge in [-0.25, -0.2) is 14.6 Å². The van der Waals surface area contributed by atoms with Gasteiger partial charge in [-0.2, -0.15) is 0 Å². The van der Waals surface area contributed by atoms with Crippen molar-refractivity contribution in [2.24, 2.45) is 0 Å². The fourth-order valence-electron chi connectivity index (χ4n) is 2.27. The highest BCUT2D eigenvalue weighted by atomic mass is 16.6. The van der Waals surface area contributed by atoms with Crippen LogP contribution in [0.3, 0.4) is 0 Å². The molecule has 1 N–H and O–H groups in total. The average Bonchev–Trinajstić information content (AvgIpc) is 2.70. The molecule has 0 unspecified atom stereocenters. The highest BCUT2D eigenvalue weighted by Crippen LogP contribution is 2.24. The van der Waals surface area contributed by atoms with E-state index < -0.39 is 17.7 Å². The summed E-state index contributed by atoms with van der Waals surface area (Å²) in [5, 5.41) is 9.11. The fraction of sp³-hybridized carbons (Fsp3) is 0.615. The first-order valence-corrected chi connectivity index (χ1v) is 6.46. The minimum absolute atomic E-state index is 0.149. The lowest BCUT2D eigenvalue weighted by Gasteiger charge is -2.34. The molecule has 0 bridgehead atoms. The van der Waals surface area contributed by atoms with Crippen LogP contribution in [0.4, 0.5) is 4.79 Å². The molecular weight excluding hydrogens is 262 g/mol. The molecule has 0 saturated heterocycles. The third-order valence-electron chi connectivity index (χ3n) is 3.00. The lowest BCUT2D eigenvalue weighted by Crippen LogP contribution is -2.43. The van der Waals surface area contributed by atoms with Crippen molar-refractivity contribution in [3.63, 3.8) is 0 Å². The molecule has 1 aromatic heterocycles. The number of nitrogens with zero attached hydrogens (tertiary/aromatic N) is 3. The molecule has 0 aromatic carbocycles. The van der Waals surface area contributed by atoms with Crippen molar-refractivity contribution in [1.82, 2.24) is 14.5 Å². The number of amides is 1. The van der Waals surface area contributed by atoms with Gasteiger partial charge in [-0.1, -0.05) is 0 Å². The van der Waals surface area contributed by atoms with Gasteiger partial charge in [-0.3, -0.25) is 4.90 Å². The van der Waals surface area contributed by atoms with Crippen LogP contribution in [-0.4, -0.2) is 43.8 Å². The zero-order valence-corrected chi connectivity index (χ0v) is 12.1. The van der Waals surface area contributed by atoms with Crippen LogP contribution in [0.25, 0.3) is 0 Å². The average molecular weight is 281 g/mol. The molecule has 7 heteroatoms. The number of aromatic nitrogens is 2. The smallest absolute Gasteiger partial charge is 0.410 e. The van der Waals surface area contributed by atoms with Crippen molar-refractivity contribution in [2.75, 3.05) is 6.54 Å². The van der Waals surface area contributed by atoms with Gasteiger partial charge in [-0.05, 0) is 27.7 Å². The summed E-state index contributed by atoms with van der Waals surface area (Å²) in [7, 11) is 0. The summed E-state index contributed by atoms with van der Waals surface area (Å²) in [6.45, 7) is 7.94. The minimum Gasteiger partial charge on any atom is -0.477 e. The molecule has 1 aromatic rings. The molecule has 0 spiro atoms. The minimum atomic E-state index is -1.01. The van der Waals surface area contributed by atoms with Crippen LogP contribution in [0, 0.1) is 0 Å². The highest BCUT2D eigenvalue weighted by Gasteiger charge is 2.32. The van der Waals surface area contributed by atoms with Gasteiger partial charge in [0.2, 0.25) is 0 Å². The molecule has 20 heavy (non-hydrogen) atoms. The molecule has 0 radical (unpaired) electrons. The number of rotatable bonds is 1. The SMILES string of the molecule is C[C@@H]1CN(C(=O)OC(C)(C)C)Cc2ncc(C(=O)O)n21. The Labute approximate surface area is 117 Å². The van der Waals surface area contributed by atoms with E-state index in [1.54, 1.807) is 9.47 Å². The Morgan fingerprint density at radius 1 is 1.45 bits per heavy atom. The van der Waals surface area contributed by atoms with E-state index in [1.807, 2.05) is 27.7 Å². The Morgan fingerprint density at radius 3 is 2.65 bits per heavy atom. The summed E-state index contributed by atoms with van der Waals surface area (Å²) in [4.78, 5) is 28.8. The van der Waals surface area contributed by atoms with E-state index in [0.717, 1.165) is 0 Å². The van der Waals surface area contributed by atoms with E-state index in [-0.39, 0.29) is 18.3 Å². The molecule has 2 heterocycles. The molecule has 1 amide bonds. The van der Waals surface area contributed by atoms with Crippen LogP contribution in [0.15, 0.2) is 6.20 Å². The zero-order chi connectivity index (χ0) is 15.1. The van der Waals surface area contributed by atoms with E-state index in [0.29, 0.717) is 12.4 Å². The molecule has 2 rings (SSSR count). The Bertz CT molecular complexity index is 544. The van der Waals surface area contributed by atoms with Crippen molar-refractivity contribution in [3.05, 3.63) is 17.7 Å². The van der Waals surface area contributed by atoms with E-state index in [4.69, 9.17) is 9.84 Å². The van der Waals surface area contributed by atoms with Gasteiger partial charge in [0.05, 0.1) is 18.8 Å². The third-order valence-corrected chi connectivity index (χ3v) is 3.00. The predicted molar refractivity (Wildman–Crippen MR) is 70.5 cm³/mol. The van der Waals surface area contributed by atoms with Crippen molar-refractivity contribution in [1.29, 1.82) is 0 Å². The first kappa shape index (κ1) is 14.4. The lowest BCUT2D eigenvalue weighted by atomic mass is 10.2. The summed E-state index contributed by atoms with van der Waals surface area (Å²) in [6.07, 6.45) is 0.919. The number of carbonyl (C=O) groups excluding carboxylic acids is 1. The van der Waals surface area contributed by atoms with Gasteiger partial charge < -0.3 is 14.4 Å². The lowest BCUT2D eigenvalue weighted by molar-refractivity contribution is 0.0168. The van der Waals surface area contributed by atoms with Gasteiger partial charge in [0.15, 0.2) is 0 Å². The molecule has 0 saturated carbocycles. The Morgan fingerprint density at radius 2 is 2.10 bits per heavy atom. The number of carboxylic acid groups (broad SMARTS) is 1. The van der Waals surface area contributed by atoms with Gasteiger partial charge >= 0.3 is 12.1 Å². The molecule has 1 atom stereocenters. The summed E-state index contributed by atoms with van der Waals surface area (Å²) < 4.78 is 6.98. The number of hydrogen-bond acceptors (Lipinski definition) is 4. The standard InChI is InChI=1S/C13H19N3O4/c1-8-6-15(12(19)20-13(2,3)4)7-10-14-5-9(11(17)18)16(8)10/h5,8H,6-7H2,1-4H3,(H,17,18)/t8-/m1/s1. The van der Waals surface area contributed by atoms with Crippen LogP contribution in [0.1, 0.15) is 50.0 Å². The Hall–Kier alpha value is -2.05. The number of imidazole rings is 1. The number of aromatic carboxylic acids is 1. The number of hydrogen-bond donors (Lipinski definition) is 1. The van der Waals surface area contributed by atoms with Crippen molar-refractivity contribution in [3.8, 4) is 0 Å². The summed E-state index contributed by atoms with van der Waals surface area (Å²) in [5.41, 5.74) is -0.407. The van der Waals surface area contributed by atoms with E-state index in [1.165, 1.54) is 6.20 Å². The predicted octanol–water partition coefficient (Wildman–Crippen LogP) is 1.89. The van der Waals surface area contributed by atoms with Gasteiger partial charge in [-0.15, -0.1) is 0 Å². The third kappa shape index (κ3) is 2.76. The highest BCUT2D eigenvalue weighted by molar-refractivity contribution is 5.85. The monoisotopic (exact) mass is 281 g/mol. The molecule has 0 fully saturated rings. The van der Waals surface area contributed by atoms with Gasteiger partial charge in [0.1, 0.15) is 17.1 Å². The summed E-state index contributed by atoms with van der Waals surface area (Å²) in [5.74, 6) is -0.451. The summed E-state index contributed by atoms with van der Waals surface area (Å²) in [6, 6.07) is -0.153. The summed E-state index contributed by atoms with van der Waals surface area (Å²) >= 11 is 0. The molecule has 0 aliphatic carbocycles. The van der Waals surface area contributed by atoms with Crippen molar-refractivity contribution >= 4 is 12.1 Å². The maximum absolute atomic E-state index is 12.1. The van der Waals surface area contributed by atoms with Gasteiger partial charge in [0.25, 0.3) is 0 Å². The van der Waals surface area contributed by atoms with E-state index in [9.17, 15) is 9.59 Å². The largest absolute Gasteiger partial charge is 0.477 e. The van der Waals surface area contributed by atoms with Gasteiger partial charge in [0, 0.05) is 6.54 Å². The van der Waals surface area contributed by atoms with E-state index >= 15 is 0 Å². The van der Waals surface area contributed by atoms with Crippen molar-refractivity contribution < 1.29 is 19.4 Å². The number of carbonyl (C=O) groups is 2. The Kier molecular flexibility index (Phi) is 3.45. The maximum Gasteiger partial charge on any atom is 0.410 e. The van der Waals surface area contributed by atoms with Crippen LogP contribution in [0.5, 0.6) is 0 Å². The maximum atomic E-state index is 12.1. The molecule has 7 nitrogen and oxygen atoms in total. The topological polar surface area (TPSA) is 84.7 Å².